The van der Waals surface area contributed by atoms with Gasteiger partial charge in [-0.3, -0.25) is 4.79 Å². The zero-order valence-electron chi connectivity index (χ0n) is 13.7. The van der Waals surface area contributed by atoms with Gasteiger partial charge in [-0.15, -0.1) is 12.4 Å². The van der Waals surface area contributed by atoms with Crippen molar-refractivity contribution in [3.8, 4) is 0 Å². The molecule has 0 bridgehead atoms. The van der Waals surface area contributed by atoms with Crippen molar-refractivity contribution >= 4 is 35.6 Å². The van der Waals surface area contributed by atoms with E-state index >= 15 is 0 Å². The average Bonchev–Trinajstić information content (AvgIpc) is 2.98. The number of nitrogens with zero attached hydrogens (tertiary/aromatic N) is 1. The number of halogens is 3. The molecule has 0 saturated carbocycles. The summed E-state index contributed by atoms with van der Waals surface area (Å²) >= 11 is 5.73. The molecule has 4 nitrogen and oxygen atoms in total. The lowest BCUT2D eigenvalue weighted by Crippen LogP contribution is -2.46. The van der Waals surface area contributed by atoms with E-state index in [-0.39, 0.29) is 35.3 Å². The molecule has 0 aromatic heterocycles. The average molecular weight is 376 g/mol. The molecule has 1 aromatic carbocycles. The van der Waals surface area contributed by atoms with Gasteiger partial charge in [-0.2, -0.15) is 0 Å². The Morgan fingerprint density at radius 3 is 2.92 bits per heavy atom. The summed E-state index contributed by atoms with van der Waals surface area (Å²) in [5.41, 5.74) is 0.819. The van der Waals surface area contributed by atoms with Crippen LogP contribution in [0.4, 0.5) is 10.1 Å². The second-order valence-electron chi connectivity index (χ2n) is 6.62. The van der Waals surface area contributed by atoms with E-state index in [2.05, 4.69) is 22.5 Å². The van der Waals surface area contributed by atoms with E-state index in [9.17, 15) is 9.18 Å². The van der Waals surface area contributed by atoms with Crippen LogP contribution in [0.5, 0.6) is 0 Å². The fraction of sp³-hybridized carbons (Fsp3) is 0.588. The van der Waals surface area contributed by atoms with Crippen molar-refractivity contribution in [3.63, 3.8) is 0 Å². The number of carbonyl (C=O) groups is 1. The summed E-state index contributed by atoms with van der Waals surface area (Å²) < 4.78 is 13.6. The van der Waals surface area contributed by atoms with E-state index in [4.69, 9.17) is 11.6 Å². The van der Waals surface area contributed by atoms with Gasteiger partial charge in [-0.05, 0) is 50.9 Å². The van der Waals surface area contributed by atoms with Crippen molar-refractivity contribution in [1.29, 1.82) is 0 Å². The second-order valence-corrected chi connectivity index (χ2v) is 7.02. The first kappa shape index (κ1) is 19.3. The molecule has 0 aliphatic carbocycles. The van der Waals surface area contributed by atoms with Gasteiger partial charge < -0.3 is 15.5 Å². The van der Waals surface area contributed by atoms with Gasteiger partial charge in [-0.25, -0.2) is 4.39 Å². The second kappa shape index (κ2) is 8.37. The van der Waals surface area contributed by atoms with Crippen LogP contribution in [0.2, 0.25) is 5.02 Å². The fourth-order valence-corrected chi connectivity index (χ4v) is 3.60. The minimum atomic E-state index is -0.402. The standard InChI is InChI=1S/C17H23ClFN3O.ClH/c1-11-8-12(4-6-20-11)17(23)21-13-5-7-22(10-13)14-2-3-15(18)16(19)9-14;/h2-3,9,11-13,20H,4-8,10H2,1H3,(H,21,23);1H/t11-,12-,13?;/m0./s1. The van der Waals surface area contributed by atoms with E-state index in [0.29, 0.717) is 12.6 Å². The largest absolute Gasteiger partial charge is 0.369 e. The normalized spacial score (nSPS) is 26.8. The van der Waals surface area contributed by atoms with Gasteiger partial charge in [0.25, 0.3) is 0 Å². The number of hydrogen-bond donors (Lipinski definition) is 2. The maximum absolute atomic E-state index is 13.6. The molecule has 2 aliphatic rings. The number of amides is 1. The molecule has 1 aromatic rings. The summed E-state index contributed by atoms with van der Waals surface area (Å²) in [5.74, 6) is -0.138. The Morgan fingerprint density at radius 1 is 1.42 bits per heavy atom. The summed E-state index contributed by atoms with van der Waals surface area (Å²) in [7, 11) is 0. The monoisotopic (exact) mass is 375 g/mol. The smallest absolute Gasteiger partial charge is 0.223 e. The first-order valence-corrected chi connectivity index (χ1v) is 8.64. The molecular formula is C17H24Cl2FN3O. The lowest BCUT2D eigenvalue weighted by atomic mass is 9.92. The van der Waals surface area contributed by atoms with Crippen molar-refractivity contribution in [3.05, 3.63) is 29.0 Å². The molecule has 0 radical (unpaired) electrons. The van der Waals surface area contributed by atoms with Gasteiger partial charge in [0.1, 0.15) is 5.82 Å². The number of rotatable bonds is 3. The molecule has 134 valence electrons. The Bertz CT molecular complexity index is 587. The lowest BCUT2D eigenvalue weighted by Gasteiger charge is -2.28. The lowest BCUT2D eigenvalue weighted by molar-refractivity contribution is -0.126. The molecule has 2 N–H and O–H groups in total. The third-order valence-corrected chi connectivity index (χ3v) is 5.10. The van der Waals surface area contributed by atoms with Crippen LogP contribution in [0, 0.1) is 11.7 Å². The highest BCUT2D eigenvalue weighted by Gasteiger charge is 2.29. The SMILES string of the molecule is C[C@H]1C[C@@H](C(=O)NC2CCN(c3ccc(Cl)c(F)c3)C2)CCN1.Cl. The maximum atomic E-state index is 13.6. The Kier molecular flexibility index (Phi) is 6.72. The minimum absolute atomic E-state index is 0. The highest BCUT2D eigenvalue weighted by atomic mass is 35.5. The number of nitrogens with one attached hydrogen (secondary N) is 2. The van der Waals surface area contributed by atoms with Gasteiger partial charge in [0.05, 0.1) is 5.02 Å². The van der Waals surface area contributed by atoms with Crippen molar-refractivity contribution in [1.82, 2.24) is 10.6 Å². The first-order valence-electron chi connectivity index (χ1n) is 8.26. The summed E-state index contributed by atoms with van der Waals surface area (Å²) in [6.07, 6.45) is 2.68. The van der Waals surface area contributed by atoms with Crippen LogP contribution in [0.3, 0.4) is 0 Å². The van der Waals surface area contributed by atoms with Crippen LogP contribution < -0.4 is 15.5 Å². The molecule has 3 rings (SSSR count). The van der Waals surface area contributed by atoms with Gasteiger partial charge in [0.15, 0.2) is 0 Å². The molecule has 2 heterocycles. The minimum Gasteiger partial charge on any atom is -0.369 e. The molecule has 2 fully saturated rings. The Balaban J connectivity index is 0.00000208. The van der Waals surface area contributed by atoms with Crippen LogP contribution in [0.25, 0.3) is 0 Å². The molecule has 2 aliphatic heterocycles. The number of anilines is 1. The Morgan fingerprint density at radius 2 is 2.21 bits per heavy atom. The predicted octanol–water partition coefficient (Wildman–Crippen LogP) is 2.98. The summed E-state index contributed by atoms with van der Waals surface area (Å²) in [4.78, 5) is 14.5. The number of piperidine rings is 1. The van der Waals surface area contributed by atoms with Crippen molar-refractivity contribution in [2.45, 2.75) is 38.3 Å². The van der Waals surface area contributed by atoms with Gasteiger partial charge in [-0.1, -0.05) is 11.6 Å². The topological polar surface area (TPSA) is 44.4 Å². The summed E-state index contributed by atoms with van der Waals surface area (Å²) in [6.45, 7) is 4.55. The third-order valence-electron chi connectivity index (χ3n) is 4.80. The molecule has 2 saturated heterocycles. The molecule has 1 amide bonds. The zero-order valence-corrected chi connectivity index (χ0v) is 15.3. The number of benzene rings is 1. The molecule has 0 spiro atoms. The third kappa shape index (κ3) is 4.52. The molecule has 3 atom stereocenters. The molecule has 7 heteroatoms. The van der Waals surface area contributed by atoms with E-state index in [1.165, 1.54) is 6.07 Å². The van der Waals surface area contributed by atoms with Gasteiger partial charge in [0.2, 0.25) is 5.91 Å². The summed E-state index contributed by atoms with van der Waals surface area (Å²) in [6, 6.07) is 5.39. The van der Waals surface area contributed by atoms with Crippen LogP contribution in [-0.4, -0.2) is 37.6 Å². The number of hydrogen-bond acceptors (Lipinski definition) is 3. The van der Waals surface area contributed by atoms with Crippen molar-refractivity contribution in [2.24, 2.45) is 5.92 Å². The van der Waals surface area contributed by atoms with E-state index in [1.807, 2.05) is 6.07 Å². The first-order chi connectivity index (χ1) is 11.0. The highest BCUT2D eigenvalue weighted by Crippen LogP contribution is 2.25. The molecule has 1 unspecified atom stereocenters. The van der Waals surface area contributed by atoms with E-state index < -0.39 is 5.82 Å². The van der Waals surface area contributed by atoms with E-state index in [0.717, 1.165) is 38.0 Å². The van der Waals surface area contributed by atoms with Gasteiger partial charge in [0, 0.05) is 36.8 Å². The van der Waals surface area contributed by atoms with Crippen LogP contribution >= 0.6 is 24.0 Å². The highest BCUT2D eigenvalue weighted by molar-refractivity contribution is 6.30. The van der Waals surface area contributed by atoms with Crippen molar-refractivity contribution < 1.29 is 9.18 Å². The van der Waals surface area contributed by atoms with Crippen LogP contribution in [0.15, 0.2) is 18.2 Å². The summed E-state index contributed by atoms with van der Waals surface area (Å²) in [5, 5.41) is 6.67. The Labute approximate surface area is 153 Å². The zero-order chi connectivity index (χ0) is 16.4. The Hall–Kier alpha value is -1.04. The van der Waals surface area contributed by atoms with Crippen molar-refractivity contribution in [2.75, 3.05) is 24.5 Å². The van der Waals surface area contributed by atoms with Gasteiger partial charge >= 0.3 is 0 Å². The molecular weight excluding hydrogens is 352 g/mol. The van der Waals surface area contributed by atoms with Crippen LogP contribution in [-0.2, 0) is 4.79 Å². The van der Waals surface area contributed by atoms with Crippen LogP contribution in [0.1, 0.15) is 26.2 Å². The maximum Gasteiger partial charge on any atom is 0.223 e. The number of carbonyl (C=O) groups excluding carboxylic acids is 1. The predicted molar refractivity (Wildman–Crippen MR) is 97.6 cm³/mol. The quantitative estimate of drug-likeness (QED) is 0.853. The van der Waals surface area contributed by atoms with E-state index in [1.54, 1.807) is 6.07 Å². The molecule has 24 heavy (non-hydrogen) atoms. The fourth-order valence-electron chi connectivity index (χ4n) is 3.48.